The zero-order valence-corrected chi connectivity index (χ0v) is 13.6. The summed E-state index contributed by atoms with van der Waals surface area (Å²) in [5, 5.41) is 1.49. The second kappa shape index (κ2) is 6.48. The predicted molar refractivity (Wildman–Crippen MR) is 91.5 cm³/mol. The van der Waals surface area contributed by atoms with E-state index in [1.165, 1.54) is 0 Å². The second-order valence-corrected chi connectivity index (χ2v) is 7.03. The first-order valence-corrected chi connectivity index (χ1v) is 9.00. The van der Waals surface area contributed by atoms with Crippen molar-refractivity contribution >= 4 is 20.8 Å². The molecule has 0 amide bonds. The van der Waals surface area contributed by atoms with Gasteiger partial charge >= 0.3 is 0 Å². The molecule has 3 rings (SSSR count). The van der Waals surface area contributed by atoms with Crippen molar-refractivity contribution < 1.29 is 8.42 Å². The van der Waals surface area contributed by atoms with Crippen LogP contribution in [-0.2, 0) is 10.0 Å². The lowest BCUT2D eigenvalue weighted by Crippen LogP contribution is -2.28. The van der Waals surface area contributed by atoms with E-state index < -0.39 is 10.0 Å². The van der Waals surface area contributed by atoms with E-state index in [0.717, 1.165) is 10.9 Å². The maximum Gasteiger partial charge on any atom is 0.241 e. The lowest BCUT2D eigenvalue weighted by atomic mass is 10.1. The van der Waals surface area contributed by atoms with Gasteiger partial charge in [0.15, 0.2) is 0 Å². The van der Waals surface area contributed by atoms with Gasteiger partial charge in [-0.3, -0.25) is 4.98 Å². The summed E-state index contributed by atoms with van der Waals surface area (Å²) < 4.78 is 28.5. The van der Waals surface area contributed by atoms with E-state index in [0.29, 0.717) is 11.8 Å². The van der Waals surface area contributed by atoms with Gasteiger partial charge < -0.3 is 0 Å². The number of sulfonamides is 1. The molecule has 0 bridgehead atoms. The summed E-state index contributed by atoms with van der Waals surface area (Å²) >= 11 is 0. The number of aromatic nitrogens is 1. The molecule has 1 heterocycles. The van der Waals surface area contributed by atoms with Crippen LogP contribution in [-0.4, -0.2) is 13.4 Å². The number of hydrogen-bond donors (Lipinski definition) is 1. The topological polar surface area (TPSA) is 59.1 Å². The van der Waals surface area contributed by atoms with E-state index in [4.69, 9.17) is 0 Å². The maximum atomic E-state index is 12.9. The van der Waals surface area contributed by atoms with Crippen LogP contribution in [0.1, 0.15) is 24.9 Å². The van der Waals surface area contributed by atoms with Gasteiger partial charge in [-0.1, -0.05) is 49.4 Å². The van der Waals surface area contributed by atoms with E-state index in [1.54, 1.807) is 30.6 Å². The summed E-state index contributed by atoms with van der Waals surface area (Å²) in [4.78, 5) is 4.33. The molecule has 2 aromatic carbocycles. The fourth-order valence-corrected chi connectivity index (χ4v) is 4.19. The Morgan fingerprint density at radius 3 is 2.57 bits per heavy atom. The number of nitrogens with one attached hydrogen (secondary N) is 1. The highest BCUT2D eigenvalue weighted by Gasteiger charge is 2.22. The summed E-state index contributed by atoms with van der Waals surface area (Å²) in [5.74, 6) is 0. The molecule has 23 heavy (non-hydrogen) atoms. The van der Waals surface area contributed by atoms with Crippen LogP contribution in [0.25, 0.3) is 10.8 Å². The maximum absolute atomic E-state index is 12.9. The zero-order valence-electron chi connectivity index (χ0n) is 12.8. The van der Waals surface area contributed by atoms with Crippen LogP contribution in [0.4, 0.5) is 0 Å². The third-order valence-electron chi connectivity index (χ3n) is 3.84. The summed E-state index contributed by atoms with van der Waals surface area (Å²) in [6.07, 6.45) is 3.95. The molecule has 0 aliphatic carbocycles. The van der Waals surface area contributed by atoms with Crippen molar-refractivity contribution in [1.29, 1.82) is 0 Å². The second-order valence-electron chi connectivity index (χ2n) is 5.35. The average molecular weight is 326 g/mol. The molecule has 1 N–H and O–H groups in total. The smallest absolute Gasteiger partial charge is 0.241 e. The number of rotatable bonds is 5. The van der Waals surface area contributed by atoms with Crippen LogP contribution in [0, 0.1) is 0 Å². The molecule has 5 heteroatoms. The van der Waals surface area contributed by atoms with Gasteiger partial charge in [-0.05, 0) is 24.1 Å². The monoisotopic (exact) mass is 326 g/mol. The average Bonchev–Trinajstić information content (AvgIpc) is 2.60. The first-order valence-electron chi connectivity index (χ1n) is 7.52. The molecular formula is C18H18N2O2S. The molecule has 0 fully saturated rings. The molecule has 0 aliphatic rings. The van der Waals surface area contributed by atoms with Crippen molar-refractivity contribution in [3.05, 3.63) is 72.6 Å². The molecule has 0 saturated heterocycles. The first kappa shape index (κ1) is 15.6. The predicted octanol–water partition coefficient (Wildman–Crippen LogP) is 3.66. The van der Waals surface area contributed by atoms with E-state index in [-0.39, 0.29) is 10.9 Å². The molecule has 118 valence electrons. The van der Waals surface area contributed by atoms with Gasteiger partial charge in [0.05, 0.1) is 4.90 Å². The van der Waals surface area contributed by atoms with E-state index in [2.05, 4.69) is 9.71 Å². The van der Waals surface area contributed by atoms with Crippen molar-refractivity contribution in [1.82, 2.24) is 9.71 Å². The third-order valence-corrected chi connectivity index (χ3v) is 5.37. The van der Waals surface area contributed by atoms with Crippen molar-refractivity contribution in [3.8, 4) is 0 Å². The molecule has 0 saturated carbocycles. The third kappa shape index (κ3) is 3.25. The largest absolute Gasteiger partial charge is 0.264 e. The molecule has 0 spiro atoms. The Kier molecular flexibility index (Phi) is 4.41. The Hall–Kier alpha value is -2.24. The first-order chi connectivity index (χ1) is 11.1. The highest BCUT2D eigenvalue weighted by atomic mass is 32.2. The van der Waals surface area contributed by atoms with Gasteiger partial charge in [0.25, 0.3) is 0 Å². The Morgan fingerprint density at radius 1 is 1.04 bits per heavy atom. The number of nitrogens with zero attached hydrogens (tertiary/aromatic N) is 1. The molecule has 4 nitrogen and oxygen atoms in total. The molecule has 0 radical (unpaired) electrons. The molecule has 1 unspecified atom stereocenters. The zero-order chi connectivity index (χ0) is 16.3. The van der Waals surface area contributed by atoms with Gasteiger partial charge in [-0.15, -0.1) is 0 Å². The van der Waals surface area contributed by atoms with E-state index >= 15 is 0 Å². The van der Waals surface area contributed by atoms with Gasteiger partial charge in [0.1, 0.15) is 0 Å². The SMILES string of the molecule is CCC(NS(=O)(=O)c1cccc2cnccc12)c1ccccc1. The number of hydrogen-bond acceptors (Lipinski definition) is 3. The lowest BCUT2D eigenvalue weighted by Gasteiger charge is -2.18. The Balaban J connectivity index is 2.01. The summed E-state index contributed by atoms with van der Waals surface area (Å²) in [6, 6.07) is 16.3. The molecule has 0 aliphatic heterocycles. The molecule has 3 aromatic rings. The van der Waals surface area contributed by atoms with Crippen LogP contribution in [0.2, 0.25) is 0 Å². The van der Waals surface area contributed by atoms with Crippen LogP contribution in [0.3, 0.4) is 0 Å². The van der Waals surface area contributed by atoms with E-state index in [9.17, 15) is 8.42 Å². The van der Waals surface area contributed by atoms with Crippen LogP contribution in [0.15, 0.2) is 71.9 Å². The Morgan fingerprint density at radius 2 is 1.83 bits per heavy atom. The van der Waals surface area contributed by atoms with Gasteiger partial charge in [-0.2, -0.15) is 0 Å². The van der Waals surface area contributed by atoms with Gasteiger partial charge in [-0.25, -0.2) is 13.1 Å². The molecular weight excluding hydrogens is 308 g/mol. The van der Waals surface area contributed by atoms with Crippen molar-refractivity contribution in [3.63, 3.8) is 0 Å². The Labute approximate surface area is 136 Å². The van der Waals surface area contributed by atoms with Gasteiger partial charge in [0, 0.05) is 29.2 Å². The van der Waals surface area contributed by atoms with Crippen LogP contribution >= 0.6 is 0 Å². The minimum atomic E-state index is -3.62. The molecule has 1 aromatic heterocycles. The highest BCUT2D eigenvalue weighted by molar-refractivity contribution is 7.89. The number of pyridine rings is 1. The summed E-state index contributed by atoms with van der Waals surface area (Å²) in [7, 11) is -3.62. The lowest BCUT2D eigenvalue weighted by molar-refractivity contribution is 0.551. The van der Waals surface area contributed by atoms with Crippen molar-refractivity contribution in [2.75, 3.05) is 0 Å². The van der Waals surface area contributed by atoms with Crippen molar-refractivity contribution in [2.45, 2.75) is 24.3 Å². The summed E-state index contributed by atoms with van der Waals surface area (Å²) in [6.45, 7) is 1.97. The fourth-order valence-electron chi connectivity index (χ4n) is 2.65. The minimum absolute atomic E-state index is 0.252. The Bertz CT molecular complexity index is 903. The van der Waals surface area contributed by atoms with Gasteiger partial charge in [0.2, 0.25) is 10.0 Å². The molecule has 1 atom stereocenters. The van der Waals surface area contributed by atoms with Crippen LogP contribution in [0.5, 0.6) is 0 Å². The summed E-state index contributed by atoms with van der Waals surface area (Å²) in [5.41, 5.74) is 0.959. The normalized spacial score (nSPS) is 13.1. The van der Waals surface area contributed by atoms with Crippen molar-refractivity contribution in [2.24, 2.45) is 0 Å². The number of benzene rings is 2. The van der Waals surface area contributed by atoms with Crippen LogP contribution < -0.4 is 4.72 Å². The highest BCUT2D eigenvalue weighted by Crippen LogP contribution is 2.25. The minimum Gasteiger partial charge on any atom is -0.264 e. The van der Waals surface area contributed by atoms with E-state index in [1.807, 2.05) is 43.3 Å². The standard InChI is InChI=1S/C18H18N2O2S/c1-2-17(14-7-4-3-5-8-14)20-23(21,22)18-10-6-9-15-13-19-12-11-16(15)18/h3-13,17,20H,2H2,1H3. The quantitative estimate of drug-likeness (QED) is 0.778. The fraction of sp³-hybridized carbons (Fsp3) is 0.167. The number of fused-ring (bicyclic) bond motifs is 1.